The molecular formula is C23H24ClFN2O3. The van der Waals surface area contributed by atoms with Crippen molar-refractivity contribution in [3.63, 3.8) is 0 Å². The van der Waals surface area contributed by atoms with Crippen LogP contribution in [0.3, 0.4) is 0 Å². The van der Waals surface area contributed by atoms with Gasteiger partial charge in [-0.2, -0.15) is 0 Å². The van der Waals surface area contributed by atoms with Gasteiger partial charge in [-0.05, 0) is 42.0 Å². The van der Waals surface area contributed by atoms with E-state index in [9.17, 15) is 14.3 Å². The lowest BCUT2D eigenvalue weighted by Crippen LogP contribution is -2.55. The zero-order chi connectivity index (χ0) is 21.5. The Hall–Kier alpha value is -2.59. The zero-order valence-corrected chi connectivity index (χ0v) is 17.3. The molecule has 2 unspecified atom stereocenters. The maximum atomic E-state index is 13.2. The van der Waals surface area contributed by atoms with E-state index in [4.69, 9.17) is 22.8 Å². The molecule has 0 radical (unpaired) electrons. The third-order valence-electron chi connectivity index (χ3n) is 5.12. The number of carbonyl (C=O) groups excluding carboxylic acids is 1. The van der Waals surface area contributed by atoms with E-state index in [0.29, 0.717) is 43.4 Å². The summed E-state index contributed by atoms with van der Waals surface area (Å²) in [5.41, 5.74) is 0.961. The standard InChI is InChI=1S/C23H24ClFN2O3/c1-2-21(28)13-20-15-27(23(29)16-30-22-9-5-18(24)6-10-22)12-11-26(20)14-17-3-7-19(25)8-4-17/h1,3-10,20-21,28H,11-16H2. The van der Waals surface area contributed by atoms with Crippen molar-refractivity contribution >= 4 is 17.5 Å². The number of ether oxygens (including phenoxy) is 1. The van der Waals surface area contributed by atoms with Crippen molar-refractivity contribution in [3.05, 3.63) is 64.9 Å². The van der Waals surface area contributed by atoms with Gasteiger partial charge in [0.1, 0.15) is 17.7 Å². The van der Waals surface area contributed by atoms with E-state index >= 15 is 0 Å². The fraction of sp³-hybridized carbons (Fsp3) is 0.348. The first-order valence-corrected chi connectivity index (χ1v) is 10.1. The molecule has 0 aromatic heterocycles. The van der Waals surface area contributed by atoms with Gasteiger partial charge < -0.3 is 14.7 Å². The summed E-state index contributed by atoms with van der Waals surface area (Å²) < 4.78 is 18.7. The summed E-state index contributed by atoms with van der Waals surface area (Å²) in [5, 5.41) is 10.6. The molecule has 1 heterocycles. The first kappa shape index (κ1) is 22.1. The van der Waals surface area contributed by atoms with Crippen LogP contribution in [0.15, 0.2) is 48.5 Å². The van der Waals surface area contributed by atoms with Crippen LogP contribution in [0.25, 0.3) is 0 Å². The summed E-state index contributed by atoms with van der Waals surface area (Å²) in [4.78, 5) is 16.5. The number of aliphatic hydroxyl groups is 1. The number of benzene rings is 2. The van der Waals surface area contributed by atoms with Gasteiger partial charge in [-0.3, -0.25) is 9.69 Å². The van der Waals surface area contributed by atoms with Crippen molar-refractivity contribution in [3.8, 4) is 18.1 Å². The van der Waals surface area contributed by atoms with Gasteiger partial charge in [-0.25, -0.2) is 4.39 Å². The monoisotopic (exact) mass is 430 g/mol. The highest BCUT2D eigenvalue weighted by atomic mass is 35.5. The Kier molecular flexibility index (Phi) is 7.69. The van der Waals surface area contributed by atoms with Crippen LogP contribution >= 0.6 is 11.6 Å². The molecule has 1 aliphatic heterocycles. The molecule has 0 aliphatic carbocycles. The van der Waals surface area contributed by atoms with Gasteiger partial charge in [0.25, 0.3) is 5.91 Å². The number of piperazine rings is 1. The Morgan fingerprint density at radius 1 is 1.23 bits per heavy atom. The summed E-state index contributed by atoms with van der Waals surface area (Å²) in [5.74, 6) is 2.50. The van der Waals surface area contributed by atoms with Crippen molar-refractivity contribution in [1.82, 2.24) is 9.80 Å². The van der Waals surface area contributed by atoms with Gasteiger partial charge >= 0.3 is 0 Å². The van der Waals surface area contributed by atoms with Crippen molar-refractivity contribution in [2.45, 2.75) is 25.1 Å². The molecule has 2 aromatic rings. The lowest BCUT2D eigenvalue weighted by molar-refractivity contribution is -0.136. The molecule has 0 saturated carbocycles. The fourth-order valence-corrected chi connectivity index (χ4v) is 3.59. The van der Waals surface area contributed by atoms with Crippen molar-refractivity contribution < 1.29 is 19.0 Å². The van der Waals surface area contributed by atoms with E-state index in [1.165, 1.54) is 12.1 Å². The molecule has 0 bridgehead atoms. The van der Waals surface area contributed by atoms with E-state index in [2.05, 4.69) is 10.8 Å². The Labute approximate surface area is 181 Å². The maximum Gasteiger partial charge on any atom is 0.260 e. The topological polar surface area (TPSA) is 53.0 Å². The number of hydrogen-bond donors (Lipinski definition) is 1. The zero-order valence-electron chi connectivity index (χ0n) is 16.5. The quantitative estimate of drug-likeness (QED) is 0.686. The molecule has 3 rings (SSSR count). The van der Waals surface area contributed by atoms with Crippen LogP contribution in [0, 0.1) is 18.2 Å². The van der Waals surface area contributed by atoms with Crippen LogP contribution in [-0.4, -0.2) is 59.2 Å². The highest BCUT2D eigenvalue weighted by Crippen LogP contribution is 2.20. The van der Waals surface area contributed by atoms with Gasteiger partial charge in [-0.15, -0.1) is 6.42 Å². The summed E-state index contributed by atoms with van der Waals surface area (Å²) in [7, 11) is 0. The molecular weight excluding hydrogens is 407 g/mol. The Bertz CT molecular complexity index is 883. The minimum absolute atomic E-state index is 0.0794. The van der Waals surface area contributed by atoms with Crippen molar-refractivity contribution in [2.24, 2.45) is 0 Å². The molecule has 1 amide bonds. The highest BCUT2D eigenvalue weighted by Gasteiger charge is 2.31. The Morgan fingerprint density at radius 2 is 1.93 bits per heavy atom. The first-order valence-electron chi connectivity index (χ1n) is 9.73. The van der Waals surface area contributed by atoms with Gasteiger partial charge in [0, 0.05) is 43.7 Å². The van der Waals surface area contributed by atoms with Crippen LogP contribution in [-0.2, 0) is 11.3 Å². The fourth-order valence-electron chi connectivity index (χ4n) is 3.47. The van der Waals surface area contributed by atoms with Crippen LogP contribution in [0.2, 0.25) is 5.02 Å². The third-order valence-corrected chi connectivity index (χ3v) is 5.37. The molecule has 2 atom stereocenters. The molecule has 30 heavy (non-hydrogen) atoms. The van der Waals surface area contributed by atoms with Crippen LogP contribution in [0.1, 0.15) is 12.0 Å². The number of halogens is 2. The van der Waals surface area contributed by atoms with E-state index in [0.717, 1.165) is 5.56 Å². The van der Waals surface area contributed by atoms with Crippen LogP contribution in [0.4, 0.5) is 4.39 Å². The second kappa shape index (κ2) is 10.4. The predicted octanol–water partition coefficient (Wildman–Crippen LogP) is 2.96. The first-order chi connectivity index (χ1) is 14.4. The van der Waals surface area contributed by atoms with E-state index in [-0.39, 0.29) is 24.4 Å². The molecule has 7 heteroatoms. The van der Waals surface area contributed by atoms with Crippen molar-refractivity contribution in [1.29, 1.82) is 0 Å². The minimum atomic E-state index is -0.897. The lowest BCUT2D eigenvalue weighted by Gasteiger charge is -2.42. The second-order valence-corrected chi connectivity index (χ2v) is 7.69. The number of amides is 1. The largest absolute Gasteiger partial charge is 0.484 e. The molecule has 1 fully saturated rings. The molecule has 0 spiro atoms. The normalized spacial score (nSPS) is 17.9. The molecule has 158 valence electrons. The number of carbonyl (C=O) groups is 1. The number of rotatable bonds is 7. The van der Waals surface area contributed by atoms with Gasteiger partial charge in [0.05, 0.1) is 0 Å². The number of nitrogens with zero attached hydrogens (tertiary/aromatic N) is 2. The van der Waals surface area contributed by atoms with Gasteiger partial charge in [0.2, 0.25) is 0 Å². The minimum Gasteiger partial charge on any atom is -0.484 e. The van der Waals surface area contributed by atoms with Crippen molar-refractivity contribution in [2.75, 3.05) is 26.2 Å². The van der Waals surface area contributed by atoms with Gasteiger partial charge in [-0.1, -0.05) is 29.7 Å². The van der Waals surface area contributed by atoms with Gasteiger partial charge in [0.15, 0.2) is 6.61 Å². The smallest absolute Gasteiger partial charge is 0.260 e. The summed E-state index contributed by atoms with van der Waals surface area (Å²) in [6, 6.07) is 13.0. The predicted molar refractivity (Wildman–Crippen MR) is 114 cm³/mol. The third kappa shape index (κ3) is 6.20. The van der Waals surface area contributed by atoms with E-state index in [1.54, 1.807) is 41.3 Å². The highest BCUT2D eigenvalue weighted by molar-refractivity contribution is 6.30. The molecule has 2 aromatic carbocycles. The van der Waals surface area contributed by atoms with E-state index in [1.807, 2.05) is 0 Å². The number of aliphatic hydroxyl groups excluding tert-OH is 1. The number of terminal acetylenes is 1. The number of hydrogen-bond acceptors (Lipinski definition) is 4. The SMILES string of the molecule is C#CC(O)CC1CN(C(=O)COc2ccc(Cl)cc2)CCN1Cc1ccc(F)cc1. The molecule has 1 aliphatic rings. The molecule has 5 nitrogen and oxygen atoms in total. The maximum absolute atomic E-state index is 13.2. The molecule has 1 N–H and O–H groups in total. The van der Waals surface area contributed by atoms with Crippen LogP contribution < -0.4 is 4.74 Å². The van der Waals surface area contributed by atoms with E-state index < -0.39 is 6.10 Å². The molecule has 1 saturated heterocycles. The second-order valence-electron chi connectivity index (χ2n) is 7.25. The Balaban J connectivity index is 1.61. The summed E-state index contributed by atoms with van der Waals surface area (Å²) in [6.07, 6.45) is 4.80. The van der Waals surface area contributed by atoms with Crippen LogP contribution in [0.5, 0.6) is 5.75 Å². The average Bonchev–Trinajstić information content (AvgIpc) is 2.75. The average molecular weight is 431 g/mol. The Morgan fingerprint density at radius 3 is 2.60 bits per heavy atom. The summed E-state index contributed by atoms with van der Waals surface area (Å²) in [6.45, 7) is 2.09. The summed E-state index contributed by atoms with van der Waals surface area (Å²) >= 11 is 5.86. The lowest BCUT2D eigenvalue weighted by atomic mass is 10.0.